The maximum atomic E-state index is 11.8. The molecule has 2 rings (SSSR count). The first-order valence-electron chi connectivity index (χ1n) is 6.84. The zero-order valence-electron chi connectivity index (χ0n) is 11.6. The van der Waals surface area contributed by atoms with Gasteiger partial charge in [-0.15, -0.1) is 0 Å². The van der Waals surface area contributed by atoms with E-state index in [9.17, 15) is 9.59 Å². The Kier molecular flexibility index (Phi) is 4.74. The van der Waals surface area contributed by atoms with Crippen LogP contribution in [0.5, 0.6) is 0 Å². The molecule has 1 heterocycles. The number of likely N-dealkylation sites (N-methyl/N-ethyl adjacent to an activating group) is 1. The standard InChI is InChI=1S/C15H20N2O3/c1-16-9-14(18)17-7-6-12(10-17)8-11-2-4-13(5-3-11)15(19)20/h2-5,12,16H,6-10H2,1H3,(H,19,20)/t12-/m0/s1. The van der Waals surface area contributed by atoms with Gasteiger partial charge in [0.2, 0.25) is 5.91 Å². The minimum absolute atomic E-state index is 0.149. The van der Waals surface area contributed by atoms with Crippen LogP contribution in [0.2, 0.25) is 0 Å². The second-order valence-electron chi connectivity index (χ2n) is 5.23. The van der Waals surface area contributed by atoms with Crippen LogP contribution < -0.4 is 5.32 Å². The number of hydrogen-bond donors (Lipinski definition) is 2. The third-order valence-corrected chi connectivity index (χ3v) is 3.69. The molecule has 0 aliphatic carbocycles. The molecule has 5 heteroatoms. The lowest BCUT2D eigenvalue weighted by Gasteiger charge is -2.16. The molecule has 20 heavy (non-hydrogen) atoms. The number of rotatable bonds is 5. The Morgan fingerprint density at radius 1 is 1.35 bits per heavy atom. The first-order chi connectivity index (χ1) is 9.60. The van der Waals surface area contributed by atoms with E-state index in [-0.39, 0.29) is 5.91 Å². The predicted octanol–water partition coefficient (Wildman–Crippen LogP) is 0.995. The molecule has 0 radical (unpaired) electrons. The zero-order chi connectivity index (χ0) is 14.5. The van der Waals surface area contributed by atoms with Gasteiger partial charge in [-0.3, -0.25) is 4.79 Å². The number of carbonyl (C=O) groups is 2. The number of nitrogens with zero attached hydrogens (tertiary/aromatic N) is 1. The van der Waals surface area contributed by atoms with Crippen molar-refractivity contribution in [1.82, 2.24) is 10.2 Å². The number of carbonyl (C=O) groups excluding carboxylic acids is 1. The van der Waals surface area contributed by atoms with E-state index in [1.165, 1.54) is 0 Å². The van der Waals surface area contributed by atoms with Gasteiger partial charge in [-0.1, -0.05) is 12.1 Å². The fourth-order valence-electron chi connectivity index (χ4n) is 2.61. The Labute approximate surface area is 118 Å². The fraction of sp³-hybridized carbons (Fsp3) is 0.467. The summed E-state index contributed by atoms with van der Waals surface area (Å²) < 4.78 is 0. The summed E-state index contributed by atoms with van der Waals surface area (Å²) in [4.78, 5) is 24.4. The second-order valence-corrected chi connectivity index (χ2v) is 5.23. The Bertz CT molecular complexity index is 484. The molecule has 1 amide bonds. The molecule has 1 fully saturated rings. The highest BCUT2D eigenvalue weighted by molar-refractivity contribution is 5.87. The number of aromatic carboxylic acids is 1. The van der Waals surface area contributed by atoms with Crippen LogP contribution in [0.1, 0.15) is 22.3 Å². The highest BCUT2D eigenvalue weighted by Gasteiger charge is 2.25. The van der Waals surface area contributed by atoms with Crippen molar-refractivity contribution in [2.24, 2.45) is 5.92 Å². The second kappa shape index (κ2) is 6.52. The van der Waals surface area contributed by atoms with Crippen molar-refractivity contribution in [3.05, 3.63) is 35.4 Å². The lowest BCUT2D eigenvalue weighted by Crippen LogP contribution is -2.35. The minimum Gasteiger partial charge on any atom is -0.478 e. The molecule has 5 nitrogen and oxygen atoms in total. The molecule has 1 aliphatic heterocycles. The van der Waals surface area contributed by atoms with Gasteiger partial charge in [-0.25, -0.2) is 4.79 Å². The molecule has 0 saturated carbocycles. The highest BCUT2D eigenvalue weighted by atomic mass is 16.4. The normalized spacial score (nSPS) is 18.2. The molecule has 1 aromatic rings. The summed E-state index contributed by atoms with van der Waals surface area (Å²) in [5.41, 5.74) is 1.44. The molecule has 0 aromatic heterocycles. The number of nitrogens with one attached hydrogen (secondary N) is 1. The first kappa shape index (κ1) is 14.5. The lowest BCUT2D eigenvalue weighted by atomic mass is 9.98. The van der Waals surface area contributed by atoms with Crippen molar-refractivity contribution in [2.75, 3.05) is 26.7 Å². The van der Waals surface area contributed by atoms with Crippen molar-refractivity contribution in [2.45, 2.75) is 12.8 Å². The van der Waals surface area contributed by atoms with E-state index in [1.807, 2.05) is 17.0 Å². The van der Waals surface area contributed by atoms with Crippen molar-refractivity contribution in [3.63, 3.8) is 0 Å². The maximum Gasteiger partial charge on any atom is 0.335 e. The average molecular weight is 276 g/mol. The van der Waals surface area contributed by atoms with Crippen LogP contribution in [0.25, 0.3) is 0 Å². The molecule has 1 saturated heterocycles. The monoisotopic (exact) mass is 276 g/mol. The lowest BCUT2D eigenvalue weighted by molar-refractivity contribution is -0.129. The summed E-state index contributed by atoms with van der Waals surface area (Å²) in [6.07, 6.45) is 1.90. The van der Waals surface area contributed by atoms with Crippen molar-refractivity contribution in [1.29, 1.82) is 0 Å². The maximum absolute atomic E-state index is 11.8. The van der Waals surface area contributed by atoms with E-state index in [0.29, 0.717) is 18.0 Å². The molecule has 1 atom stereocenters. The molecule has 0 bridgehead atoms. The highest BCUT2D eigenvalue weighted by Crippen LogP contribution is 2.21. The van der Waals surface area contributed by atoms with Crippen LogP contribution in [0.4, 0.5) is 0 Å². The van der Waals surface area contributed by atoms with E-state index in [1.54, 1.807) is 19.2 Å². The Morgan fingerprint density at radius 2 is 2.05 bits per heavy atom. The van der Waals surface area contributed by atoms with Gasteiger partial charge in [0.15, 0.2) is 0 Å². The smallest absolute Gasteiger partial charge is 0.335 e. The number of carboxylic acids is 1. The van der Waals surface area contributed by atoms with Gasteiger partial charge in [-0.05, 0) is 43.5 Å². The van der Waals surface area contributed by atoms with Crippen molar-refractivity contribution in [3.8, 4) is 0 Å². The predicted molar refractivity (Wildman–Crippen MR) is 75.7 cm³/mol. The van der Waals surface area contributed by atoms with Crippen LogP contribution in [-0.4, -0.2) is 48.6 Å². The molecule has 0 unspecified atom stereocenters. The van der Waals surface area contributed by atoms with Gasteiger partial charge >= 0.3 is 5.97 Å². The Balaban J connectivity index is 1.88. The van der Waals surface area contributed by atoms with Gasteiger partial charge in [0, 0.05) is 13.1 Å². The Hall–Kier alpha value is -1.88. The van der Waals surface area contributed by atoms with E-state index in [4.69, 9.17) is 5.11 Å². The number of benzene rings is 1. The van der Waals surface area contributed by atoms with Crippen LogP contribution in [0.15, 0.2) is 24.3 Å². The third-order valence-electron chi connectivity index (χ3n) is 3.69. The van der Waals surface area contributed by atoms with Gasteiger partial charge < -0.3 is 15.3 Å². The molecular formula is C15H20N2O3. The fourth-order valence-corrected chi connectivity index (χ4v) is 2.61. The van der Waals surface area contributed by atoms with E-state index < -0.39 is 5.97 Å². The molecule has 2 N–H and O–H groups in total. The summed E-state index contributed by atoms with van der Waals surface area (Å²) in [7, 11) is 1.77. The molecule has 108 valence electrons. The van der Waals surface area contributed by atoms with Gasteiger partial charge in [-0.2, -0.15) is 0 Å². The first-order valence-corrected chi connectivity index (χ1v) is 6.84. The molecule has 0 spiro atoms. The average Bonchev–Trinajstić information content (AvgIpc) is 2.88. The summed E-state index contributed by atoms with van der Waals surface area (Å²) in [6, 6.07) is 7.00. The molecular weight excluding hydrogens is 256 g/mol. The number of likely N-dealkylation sites (tertiary alicyclic amines) is 1. The molecule has 1 aromatic carbocycles. The van der Waals surface area contributed by atoms with E-state index in [2.05, 4.69) is 5.32 Å². The van der Waals surface area contributed by atoms with Gasteiger partial charge in [0.05, 0.1) is 12.1 Å². The van der Waals surface area contributed by atoms with Crippen molar-refractivity contribution >= 4 is 11.9 Å². The topological polar surface area (TPSA) is 69.6 Å². The minimum atomic E-state index is -0.902. The largest absolute Gasteiger partial charge is 0.478 e. The quantitative estimate of drug-likeness (QED) is 0.841. The zero-order valence-corrected chi connectivity index (χ0v) is 11.6. The third kappa shape index (κ3) is 3.57. The van der Waals surface area contributed by atoms with Gasteiger partial charge in [0.25, 0.3) is 0 Å². The molecule has 1 aliphatic rings. The summed E-state index contributed by atoms with van der Waals surface area (Å²) in [5, 5.41) is 11.7. The number of amides is 1. The van der Waals surface area contributed by atoms with Crippen LogP contribution >= 0.6 is 0 Å². The van der Waals surface area contributed by atoms with Gasteiger partial charge in [0.1, 0.15) is 0 Å². The van der Waals surface area contributed by atoms with Crippen LogP contribution in [0.3, 0.4) is 0 Å². The SMILES string of the molecule is CNCC(=O)N1CC[C@@H](Cc2ccc(C(=O)O)cc2)C1. The van der Waals surface area contributed by atoms with Crippen molar-refractivity contribution < 1.29 is 14.7 Å². The van der Waals surface area contributed by atoms with Crippen LogP contribution in [0, 0.1) is 5.92 Å². The summed E-state index contributed by atoms with van der Waals surface area (Å²) >= 11 is 0. The summed E-state index contributed by atoms with van der Waals surface area (Å²) in [6.45, 7) is 2.00. The van der Waals surface area contributed by atoms with Crippen LogP contribution in [-0.2, 0) is 11.2 Å². The number of hydrogen-bond acceptors (Lipinski definition) is 3. The van der Waals surface area contributed by atoms with E-state index in [0.717, 1.165) is 31.5 Å². The number of carboxylic acid groups (broad SMARTS) is 1. The Morgan fingerprint density at radius 3 is 2.65 bits per heavy atom. The van der Waals surface area contributed by atoms with E-state index >= 15 is 0 Å². The summed E-state index contributed by atoms with van der Waals surface area (Å²) in [5.74, 6) is -0.288.